The maximum Gasteiger partial charge on any atom is 0.127 e. The average molecular weight is 248 g/mol. The van der Waals surface area contributed by atoms with Crippen molar-refractivity contribution in [1.29, 1.82) is 0 Å². The molecule has 1 aliphatic heterocycles. The topological polar surface area (TPSA) is 9.23 Å². The van der Waals surface area contributed by atoms with Crippen molar-refractivity contribution in [1.82, 2.24) is 0 Å². The van der Waals surface area contributed by atoms with Crippen molar-refractivity contribution in [3.8, 4) is 5.75 Å². The van der Waals surface area contributed by atoms with Crippen LogP contribution in [0.2, 0.25) is 0 Å². The van der Waals surface area contributed by atoms with E-state index in [4.69, 9.17) is 4.74 Å². The Hall–Kier alpha value is -2.02. The fourth-order valence-electron chi connectivity index (χ4n) is 2.99. The molecule has 0 radical (unpaired) electrons. The van der Waals surface area contributed by atoms with E-state index < -0.39 is 0 Å². The fourth-order valence-corrected chi connectivity index (χ4v) is 2.99. The Kier molecular flexibility index (Phi) is 2.28. The summed E-state index contributed by atoms with van der Waals surface area (Å²) < 4.78 is 6.05. The van der Waals surface area contributed by atoms with Crippen LogP contribution in [0.15, 0.2) is 54.1 Å². The highest BCUT2D eigenvalue weighted by molar-refractivity contribution is 5.68. The second-order valence-corrected chi connectivity index (χ2v) is 5.52. The van der Waals surface area contributed by atoms with E-state index in [0.29, 0.717) is 12.0 Å². The Labute approximate surface area is 113 Å². The predicted molar refractivity (Wildman–Crippen MR) is 77.2 cm³/mol. The van der Waals surface area contributed by atoms with Gasteiger partial charge in [-0.3, -0.25) is 0 Å². The Balaban J connectivity index is 1.56. The number of ether oxygens (including phenoxy) is 1. The van der Waals surface area contributed by atoms with Crippen molar-refractivity contribution in [2.24, 2.45) is 5.92 Å². The number of aryl methyl sites for hydroxylation is 1. The van der Waals surface area contributed by atoms with E-state index in [1.54, 1.807) is 0 Å². The molecule has 0 aromatic heterocycles. The molecule has 2 aromatic carbocycles. The number of hydrogen-bond acceptors (Lipinski definition) is 1. The Bertz CT molecular complexity index is 669. The summed E-state index contributed by atoms with van der Waals surface area (Å²) in [5, 5.41) is 0. The van der Waals surface area contributed by atoms with Gasteiger partial charge in [-0.2, -0.15) is 0 Å². The zero-order valence-corrected chi connectivity index (χ0v) is 11.0. The zero-order valence-electron chi connectivity index (χ0n) is 11.0. The van der Waals surface area contributed by atoms with Crippen LogP contribution in [-0.2, 0) is 6.42 Å². The van der Waals surface area contributed by atoms with Gasteiger partial charge < -0.3 is 4.74 Å². The second kappa shape index (κ2) is 3.99. The molecule has 1 fully saturated rings. The summed E-state index contributed by atoms with van der Waals surface area (Å²) in [5.41, 5.74) is 5.42. The van der Waals surface area contributed by atoms with Gasteiger partial charge in [-0.1, -0.05) is 48.0 Å². The van der Waals surface area contributed by atoms with Crippen LogP contribution in [0, 0.1) is 12.8 Å². The van der Waals surface area contributed by atoms with Crippen LogP contribution >= 0.6 is 0 Å². The minimum absolute atomic E-state index is 0.315. The largest absolute Gasteiger partial charge is 0.485 e. The minimum atomic E-state index is 0.315. The standard InChI is InChI=1S/C18H16O/c1-12-5-4-6-13(9-12)10-15-16-11-14-7-2-3-8-17(14)19-18(15)16/h2-9,11,15,18H,10H2,1H3. The third-order valence-electron chi connectivity index (χ3n) is 4.05. The highest BCUT2D eigenvalue weighted by Gasteiger charge is 2.48. The molecule has 1 nitrogen and oxygen atoms in total. The van der Waals surface area contributed by atoms with Crippen LogP contribution < -0.4 is 4.74 Å². The highest BCUT2D eigenvalue weighted by atomic mass is 16.5. The van der Waals surface area contributed by atoms with Crippen LogP contribution in [0.25, 0.3) is 6.08 Å². The monoisotopic (exact) mass is 248 g/mol. The molecule has 2 aliphatic rings. The zero-order chi connectivity index (χ0) is 12.8. The molecular formula is C18H16O. The molecule has 1 aliphatic carbocycles. The number of hydrogen-bond donors (Lipinski definition) is 0. The smallest absolute Gasteiger partial charge is 0.127 e. The van der Waals surface area contributed by atoms with Crippen LogP contribution in [0.3, 0.4) is 0 Å². The van der Waals surface area contributed by atoms with Crippen LogP contribution in [0.5, 0.6) is 5.75 Å². The van der Waals surface area contributed by atoms with Crippen LogP contribution in [0.1, 0.15) is 16.7 Å². The van der Waals surface area contributed by atoms with E-state index in [2.05, 4.69) is 55.5 Å². The Morgan fingerprint density at radius 2 is 1.95 bits per heavy atom. The summed E-state index contributed by atoms with van der Waals surface area (Å²) in [5.74, 6) is 1.59. The molecule has 94 valence electrons. The molecule has 2 atom stereocenters. The van der Waals surface area contributed by atoms with Crippen molar-refractivity contribution in [3.05, 3.63) is 70.8 Å². The molecule has 2 unspecified atom stereocenters. The van der Waals surface area contributed by atoms with Gasteiger partial charge in [-0.15, -0.1) is 0 Å². The number of rotatable bonds is 2. The van der Waals surface area contributed by atoms with Crippen molar-refractivity contribution < 1.29 is 4.74 Å². The quantitative estimate of drug-likeness (QED) is 0.780. The molecule has 1 heteroatoms. The van der Waals surface area contributed by atoms with Gasteiger partial charge in [0, 0.05) is 11.5 Å². The van der Waals surface area contributed by atoms with Gasteiger partial charge in [-0.05, 0) is 36.6 Å². The summed E-state index contributed by atoms with van der Waals surface area (Å²) in [4.78, 5) is 0. The van der Waals surface area contributed by atoms with E-state index in [-0.39, 0.29) is 0 Å². The maximum absolute atomic E-state index is 6.05. The first-order valence-corrected chi connectivity index (χ1v) is 6.84. The molecule has 1 heterocycles. The van der Waals surface area contributed by atoms with Gasteiger partial charge in [0.1, 0.15) is 11.9 Å². The molecule has 4 rings (SSSR count). The predicted octanol–water partition coefficient (Wildman–Crippen LogP) is 4.01. The van der Waals surface area contributed by atoms with E-state index in [1.807, 2.05) is 6.07 Å². The second-order valence-electron chi connectivity index (χ2n) is 5.52. The molecular weight excluding hydrogens is 232 g/mol. The van der Waals surface area contributed by atoms with E-state index in [0.717, 1.165) is 12.2 Å². The van der Waals surface area contributed by atoms with Crippen molar-refractivity contribution in [3.63, 3.8) is 0 Å². The summed E-state index contributed by atoms with van der Waals surface area (Å²) in [6.45, 7) is 2.15. The number of fused-ring (bicyclic) bond motifs is 2. The van der Waals surface area contributed by atoms with Gasteiger partial charge in [0.2, 0.25) is 0 Å². The Morgan fingerprint density at radius 1 is 1.05 bits per heavy atom. The lowest BCUT2D eigenvalue weighted by Crippen LogP contribution is -2.04. The molecule has 1 saturated carbocycles. The van der Waals surface area contributed by atoms with E-state index in [1.165, 1.54) is 22.3 Å². The summed E-state index contributed by atoms with van der Waals surface area (Å²) >= 11 is 0. The summed E-state index contributed by atoms with van der Waals surface area (Å²) in [6.07, 6.45) is 3.71. The van der Waals surface area contributed by atoms with Crippen molar-refractivity contribution in [2.45, 2.75) is 19.4 Å². The molecule has 0 saturated heterocycles. The first-order valence-electron chi connectivity index (χ1n) is 6.84. The molecule has 19 heavy (non-hydrogen) atoms. The molecule has 0 N–H and O–H groups in total. The summed E-state index contributed by atoms with van der Waals surface area (Å²) in [6, 6.07) is 17.1. The lowest BCUT2D eigenvalue weighted by Gasteiger charge is -2.10. The third-order valence-corrected chi connectivity index (χ3v) is 4.05. The van der Waals surface area contributed by atoms with Gasteiger partial charge in [-0.25, -0.2) is 0 Å². The first-order chi connectivity index (χ1) is 9.31. The van der Waals surface area contributed by atoms with Gasteiger partial charge >= 0.3 is 0 Å². The van der Waals surface area contributed by atoms with E-state index >= 15 is 0 Å². The first kappa shape index (κ1) is 10.9. The van der Waals surface area contributed by atoms with Crippen LogP contribution in [-0.4, -0.2) is 6.10 Å². The molecule has 2 aromatic rings. The highest BCUT2D eigenvalue weighted by Crippen LogP contribution is 2.49. The normalized spacial score (nSPS) is 22.9. The van der Waals surface area contributed by atoms with Gasteiger partial charge in [0.25, 0.3) is 0 Å². The molecule has 0 bridgehead atoms. The third kappa shape index (κ3) is 1.86. The number of para-hydroxylation sites is 1. The summed E-state index contributed by atoms with van der Waals surface area (Å²) in [7, 11) is 0. The van der Waals surface area contributed by atoms with E-state index in [9.17, 15) is 0 Å². The fraction of sp³-hybridized carbons (Fsp3) is 0.222. The van der Waals surface area contributed by atoms with Crippen LogP contribution in [0.4, 0.5) is 0 Å². The van der Waals surface area contributed by atoms with Gasteiger partial charge in [0.05, 0.1) is 0 Å². The van der Waals surface area contributed by atoms with Gasteiger partial charge in [0.15, 0.2) is 0 Å². The average Bonchev–Trinajstić information content (AvgIpc) is 3.08. The molecule has 0 spiro atoms. The lowest BCUT2D eigenvalue weighted by molar-refractivity contribution is 0.288. The minimum Gasteiger partial charge on any atom is -0.485 e. The Morgan fingerprint density at radius 3 is 2.84 bits per heavy atom. The number of benzene rings is 2. The lowest BCUT2D eigenvalue weighted by atomic mass is 10.1. The molecule has 0 amide bonds. The van der Waals surface area contributed by atoms with Crippen molar-refractivity contribution >= 4 is 6.08 Å². The SMILES string of the molecule is Cc1cccc(CC2C3=Cc4ccccc4OC32)c1. The van der Waals surface area contributed by atoms with Crippen molar-refractivity contribution in [2.75, 3.05) is 0 Å². The maximum atomic E-state index is 6.05.